The maximum absolute atomic E-state index is 13.4. The van der Waals surface area contributed by atoms with E-state index in [1.807, 2.05) is 30.1 Å². The fraction of sp³-hybridized carbons (Fsp3) is 0.524. The molecule has 2 fully saturated rings. The Balaban J connectivity index is 1.53. The van der Waals surface area contributed by atoms with Crippen molar-refractivity contribution in [3.63, 3.8) is 0 Å². The fourth-order valence-corrected chi connectivity index (χ4v) is 4.85. The normalized spacial score (nSPS) is 29.9. The van der Waals surface area contributed by atoms with E-state index in [1.54, 1.807) is 5.48 Å². The maximum atomic E-state index is 13.4. The molecule has 2 heterocycles. The number of hydrogen-bond donors (Lipinski definition) is 3. The van der Waals surface area contributed by atoms with Crippen molar-refractivity contribution < 1.29 is 14.8 Å². The minimum Gasteiger partial charge on any atom is -0.304 e. The maximum Gasteiger partial charge on any atom is 0.248 e. The van der Waals surface area contributed by atoms with Crippen molar-refractivity contribution in [2.24, 2.45) is 11.3 Å². The Kier molecular flexibility index (Phi) is 4.88. The summed E-state index contributed by atoms with van der Waals surface area (Å²) >= 11 is 0. The van der Waals surface area contributed by atoms with E-state index >= 15 is 0 Å². The number of likely N-dealkylation sites (tertiary alicyclic amines) is 1. The number of amides is 1. The van der Waals surface area contributed by atoms with Gasteiger partial charge in [-0.3, -0.25) is 19.7 Å². The van der Waals surface area contributed by atoms with Gasteiger partial charge in [0.15, 0.2) is 5.78 Å². The molecule has 144 valence electrons. The Morgan fingerprint density at radius 2 is 2.00 bits per heavy atom. The van der Waals surface area contributed by atoms with Gasteiger partial charge in [-0.1, -0.05) is 36.4 Å². The fourth-order valence-electron chi connectivity index (χ4n) is 4.85. The topological polar surface area (TPSA) is 81.7 Å². The standard InChI is InChI=1S/C21H27N3O3/c1-24-13-21(8-9-21)12-16(20(26)23-27)18(24)19(25)17-11-15(7-10-22-17)14-5-3-2-4-6-14/h2-7,16-18,22,27H,8-13H2,1H3,(H,23,26)/t16-,17?,18-/m0/s1. The zero-order chi connectivity index (χ0) is 19.0. The van der Waals surface area contributed by atoms with E-state index in [4.69, 9.17) is 0 Å². The van der Waals surface area contributed by atoms with Crippen molar-refractivity contribution in [3.8, 4) is 0 Å². The van der Waals surface area contributed by atoms with Crippen molar-refractivity contribution in [2.75, 3.05) is 20.1 Å². The number of nitrogens with zero attached hydrogens (tertiary/aromatic N) is 1. The van der Waals surface area contributed by atoms with Crippen molar-refractivity contribution in [3.05, 3.63) is 42.0 Å². The van der Waals surface area contributed by atoms with Crippen LogP contribution in [-0.4, -0.2) is 54.0 Å². The van der Waals surface area contributed by atoms with Gasteiger partial charge in [-0.15, -0.1) is 0 Å². The summed E-state index contributed by atoms with van der Waals surface area (Å²) in [6, 6.07) is 9.28. The quantitative estimate of drug-likeness (QED) is 0.555. The van der Waals surface area contributed by atoms with Crippen molar-refractivity contribution >= 4 is 17.3 Å². The number of likely N-dealkylation sites (N-methyl/N-ethyl adjacent to an activating group) is 1. The molecule has 4 rings (SSSR count). The minimum atomic E-state index is -0.504. The van der Waals surface area contributed by atoms with Crippen LogP contribution in [0.2, 0.25) is 0 Å². The first-order valence-electron chi connectivity index (χ1n) is 9.69. The van der Waals surface area contributed by atoms with E-state index in [0.717, 1.165) is 30.5 Å². The van der Waals surface area contributed by atoms with Crippen LogP contribution in [0.3, 0.4) is 0 Å². The third-order valence-electron chi connectivity index (χ3n) is 6.41. The van der Waals surface area contributed by atoms with Crippen LogP contribution in [0.25, 0.3) is 5.57 Å². The highest BCUT2D eigenvalue weighted by molar-refractivity contribution is 5.96. The first kappa shape index (κ1) is 18.3. The zero-order valence-corrected chi connectivity index (χ0v) is 15.6. The number of nitrogens with one attached hydrogen (secondary N) is 2. The van der Waals surface area contributed by atoms with Crippen molar-refractivity contribution in [2.45, 2.75) is 37.8 Å². The molecule has 1 amide bonds. The lowest BCUT2D eigenvalue weighted by atomic mass is 9.77. The lowest BCUT2D eigenvalue weighted by Gasteiger charge is -2.43. The lowest BCUT2D eigenvalue weighted by Crippen LogP contribution is -2.59. The smallest absolute Gasteiger partial charge is 0.248 e. The average molecular weight is 369 g/mol. The van der Waals surface area contributed by atoms with Crippen LogP contribution in [0.15, 0.2) is 36.4 Å². The van der Waals surface area contributed by atoms with E-state index in [1.165, 1.54) is 0 Å². The van der Waals surface area contributed by atoms with E-state index in [0.29, 0.717) is 19.4 Å². The van der Waals surface area contributed by atoms with Crippen LogP contribution >= 0.6 is 0 Å². The van der Waals surface area contributed by atoms with Gasteiger partial charge in [0.2, 0.25) is 5.91 Å². The second kappa shape index (κ2) is 7.19. The monoisotopic (exact) mass is 369 g/mol. The number of piperidine rings is 1. The number of rotatable bonds is 4. The molecule has 27 heavy (non-hydrogen) atoms. The van der Waals surface area contributed by atoms with Gasteiger partial charge in [0.1, 0.15) is 0 Å². The number of hydroxylamine groups is 1. The molecule has 3 N–H and O–H groups in total. The van der Waals surface area contributed by atoms with Gasteiger partial charge in [0.25, 0.3) is 0 Å². The molecule has 3 atom stereocenters. The number of benzene rings is 1. The lowest BCUT2D eigenvalue weighted by molar-refractivity contribution is -0.145. The van der Waals surface area contributed by atoms with Gasteiger partial charge < -0.3 is 5.32 Å². The number of carbonyl (C=O) groups excluding carboxylic acids is 2. The Morgan fingerprint density at radius 3 is 2.67 bits per heavy atom. The highest BCUT2D eigenvalue weighted by Gasteiger charge is 2.55. The van der Waals surface area contributed by atoms with Crippen molar-refractivity contribution in [1.29, 1.82) is 0 Å². The number of carbonyl (C=O) groups is 2. The van der Waals surface area contributed by atoms with Crippen LogP contribution in [-0.2, 0) is 9.59 Å². The molecular formula is C21H27N3O3. The summed E-state index contributed by atoms with van der Waals surface area (Å²) in [6.07, 6.45) is 5.60. The molecule has 1 aromatic rings. The van der Waals surface area contributed by atoms with E-state index < -0.39 is 17.9 Å². The second-order valence-corrected chi connectivity index (χ2v) is 8.31. The van der Waals surface area contributed by atoms with Crippen LogP contribution in [0, 0.1) is 11.3 Å². The number of Topliss-reactive ketones (excluding diaryl/α,β-unsaturated/α-hetero) is 1. The summed E-state index contributed by atoms with van der Waals surface area (Å²) in [4.78, 5) is 27.8. The third-order valence-corrected chi connectivity index (χ3v) is 6.41. The molecule has 1 spiro atoms. The zero-order valence-electron chi connectivity index (χ0n) is 15.6. The van der Waals surface area contributed by atoms with E-state index in [9.17, 15) is 14.8 Å². The molecule has 1 aromatic carbocycles. The van der Waals surface area contributed by atoms with Crippen LogP contribution < -0.4 is 10.8 Å². The van der Waals surface area contributed by atoms with Crippen LogP contribution in [0.5, 0.6) is 0 Å². The molecular weight excluding hydrogens is 342 g/mol. The first-order chi connectivity index (χ1) is 13.0. The molecule has 3 aliphatic rings. The van der Waals surface area contributed by atoms with Crippen LogP contribution in [0.4, 0.5) is 0 Å². The molecule has 0 radical (unpaired) electrons. The Bertz CT molecular complexity index is 757. The molecule has 1 saturated heterocycles. The largest absolute Gasteiger partial charge is 0.304 e. The van der Waals surface area contributed by atoms with Gasteiger partial charge in [-0.2, -0.15) is 0 Å². The molecule has 0 aromatic heterocycles. The molecule has 1 saturated carbocycles. The summed E-state index contributed by atoms with van der Waals surface area (Å²) in [7, 11) is 1.93. The van der Waals surface area contributed by atoms with Gasteiger partial charge in [-0.25, -0.2) is 5.48 Å². The third kappa shape index (κ3) is 3.57. The van der Waals surface area contributed by atoms with Crippen LogP contribution in [0.1, 0.15) is 31.2 Å². The Labute approximate surface area is 159 Å². The Morgan fingerprint density at radius 1 is 1.26 bits per heavy atom. The van der Waals surface area contributed by atoms with E-state index in [2.05, 4.69) is 23.5 Å². The predicted octanol–water partition coefficient (Wildman–Crippen LogP) is 1.61. The number of ketones is 1. The van der Waals surface area contributed by atoms with Gasteiger partial charge >= 0.3 is 0 Å². The van der Waals surface area contributed by atoms with E-state index in [-0.39, 0.29) is 17.2 Å². The SMILES string of the molecule is CN1CC2(CC2)C[C@H](C(=O)NO)[C@H]1C(=O)C1CC(c2ccccc2)=CCN1. The molecule has 6 heteroatoms. The second-order valence-electron chi connectivity index (χ2n) is 8.31. The average Bonchev–Trinajstić information content (AvgIpc) is 3.45. The highest BCUT2D eigenvalue weighted by Crippen LogP contribution is 2.54. The van der Waals surface area contributed by atoms with Gasteiger partial charge in [0.05, 0.1) is 18.0 Å². The predicted molar refractivity (Wildman–Crippen MR) is 102 cm³/mol. The highest BCUT2D eigenvalue weighted by atomic mass is 16.5. The summed E-state index contributed by atoms with van der Waals surface area (Å²) in [5, 5.41) is 12.5. The summed E-state index contributed by atoms with van der Waals surface area (Å²) in [6.45, 7) is 1.48. The van der Waals surface area contributed by atoms with Gasteiger partial charge in [-0.05, 0) is 49.3 Å². The molecule has 6 nitrogen and oxygen atoms in total. The molecule has 0 bridgehead atoms. The number of hydrogen-bond acceptors (Lipinski definition) is 5. The summed E-state index contributed by atoms with van der Waals surface area (Å²) in [5.74, 6) is -0.902. The Hall–Kier alpha value is -2.02. The van der Waals surface area contributed by atoms with Crippen molar-refractivity contribution in [1.82, 2.24) is 15.7 Å². The molecule has 1 aliphatic carbocycles. The summed E-state index contributed by atoms with van der Waals surface area (Å²) in [5.41, 5.74) is 4.24. The minimum absolute atomic E-state index is 0.0446. The first-order valence-corrected chi connectivity index (χ1v) is 9.69. The molecule has 1 unspecified atom stereocenters. The summed E-state index contributed by atoms with van der Waals surface area (Å²) < 4.78 is 0. The molecule has 2 aliphatic heterocycles. The van der Waals surface area contributed by atoms with Gasteiger partial charge in [0, 0.05) is 13.1 Å².